The quantitative estimate of drug-likeness (QED) is 0.296. The second kappa shape index (κ2) is 11.5. The Morgan fingerprint density at radius 3 is 2.17 bits per heavy atom. The minimum atomic E-state index is -0.768. The minimum Gasteiger partial charge on any atom is -0.481 e. The summed E-state index contributed by atoms with van der Waals surface area (Å²) in [5, 5.41) is 17.2. The summed E-state index contributed by atoms with van der Waals surface area (Å²) in [7, 11) is 1.84. The lowest BCUT2D eigenvalue weighted by Crippen LogP contribution is -2.07. The lowest BCUT2D eigenvalue weighted by atomic mass is 9.96. The molecule has 0 aliphatic rings. The number of nitrogens with two attached hydrogens (primary N) is 1. The Balaban J connectivity index is 0.000000236. The molecule has 0 aliphatic heterocycles. The van der Waals surface area contributed by atoms with Crippen molar-refractivity contribution >= 4 is 34.2 Å². The maximum atomic E-state index is 10.6. The third-order valence-corrected chi connectivity index (χ3v) is 6.25. The van der Waals surface area contributed by atoms with Crippen LogP contribution in [0, 0.1) is 34.6 Å². The molecule has 0 bridgehead atoms. The highest BCUT2D eigenvalue weighted by Crippen LogP contribution is 2.28. The number of hydrogen-bond acceptors (Lipinski definition) is 7. The van der Waals surface area contributed by atoms with Crippen molar-refractivity contribution in [2.24, 2.45) is 0 Å². The van der Waals surface area contributed by atoms with Gasteiger partial charge in [-0.1, -0.05) is 17.7 Å². The van der Waals surface area contributed by atoms with Crippen molar-refractivity contribution in [1.82, 2.24) is 15.0 Å². The van der Waals surface area contributed by atoms with Gasteiger partial charge in [0.1, 0.15) is 23.8 Å². The van der Waals surface area contributed by atoms with Crippen LogP contribution in [0.25, 0.3) is 10.8 Å². The second-order valence-electron chi connectivity index (χ2n) is 8.93. The lowest BCUT2D eigenvalue weighted by Gasteiger charge is -2.15. The largest absolute Gasteiger partial charge is 0.481 e. The molecule has 0 radical (unpaired) electrons. The number of aromatic nitrogens is 3. The van der Waals surface area contributed by atoms with Gasteiger partial charge in [-0.2, -0.15) is 0 Å². The zero-order valence-electron chi connectivity index (χ0n) is 21.7. The molecule has 4 aromatic rings. The molecule has 0 atom stereocenters. The number of anilines is 3. The van der Waals surface area contributed by atoms with E-state index in [-0.39, 0.29) is 6.42 Å². The first-order chi connectivity index (χ1) is 17.1. The monoisotopic (exact) mass is 486 g/mol. The van der Waals surface area contributed by atoms with Gasteiger partial charge in [-0.25, -0.2) is 15.0 Å². The van der Waals surface area contributed by atoms with E-state index in [0.29, 0.717) is 12.4 Å². The molecular formula is C28H34N6O2. The highest BCUT2D eigenvalue weighted by Gasteiger charge is 2.10. The average molecular weight is 487 g/mol. The number of carboxylic acids is 1. The number of pyridine rings is 1. The van der Waals surface area contributed by atoms with Crippen LogP contribution in [0.2, 0.25) is 0 Å². The van der Waals surface area contributed by atoms with Crippen molar-refractivity contribution in [3.8, 4) is 0 Å². The fourth-order valence-electron chi connectivity index (χ4n) is 4.41. The van der Waals surface area contributed by atoms with E-state index in [1.54, 1.807) is 12.5 Å². The van der Waals surface area contributed by atoms with Crippen molar-refractivity contribution < 1.29 is 9.90 Å². The van der Waals surface area contributed by atoms with Gasteiger partial charge in [0, 0.05) is 31.2 Å². The highest BCUT2D eigenvalue weighted by molar-refractivity contribution is 5.94. The van der Waals surface area contributed by atoms with Crippen LogP contribution in [0.5, 0.6) is 0 Å². The van der Waals surface area contributed by atoms with Gasteiger partial charge in [-0.05, 0) is 85.5 Å². The van der Waals surface area contributed by atoms with Gasteiger partial charge in [0.25, 0.3) is 0 Å². The van der Waals surface area contributed by atoms with E-state index in [4.69, 9.17) is 10.8 Å². The average Bonchev–Trinajstić information content (AvgIpc) is 2.82. The van der Waals surface area contributed by atoms with E-state index >= 15 is 0 Å². The maximum absolute atomic E-state index is 10.6. The zero-order valence-corrected chi connectivity index (χ0v) is 21.7. The summed E-state index contributed by atoms with van der Waals surface area (Å²) in [6.07, 6.45) is 3.42. The standard InChI is InChI=1S/C17H20N6.C11H14O2/c1-10-6-13-12(4-5-20-17(13)18)11(2)14(10)8-21-16-7-15(19-3)22-9-23-16;1-7-4-8(2)10(6-11(12)13)9(3)5-7/h4-7,9H,8H2,1-3H3,(H2,18,20)(H2,19,21,22,23);4-5H,6H2,1-3H3,(H,12,13). The highest BCUT2D eigenvalue weighted by atomic mass is 16.4. The SMILES string of the molecule is CNc1cc(NCc2c(C)cc3c(N)nccc3c2C)ncn1.Cc1cc(C)c(CC(=O)O)c(C)c1. The molecule has 188 valence electrons. The predicted octanol–water partition coefficient (Wildman–Crippen LogP) is 5.12. The number of rotatable bonds is 6. The number of nitrogen functional groups attached to an aromatic ring is 1. The van der Waals surface area contributed by atoms with Crippen LogP contribution >= 0.6 is 0 Å². The first-order valence-electron chi connectivity index (χ1n) is 11.8. The summed E-state index contributed by atoms with van der Waals surface area (Å²) in [6, 6.07) is 10.0. The number of nitrogens with one attached hydrogen (secondary N) is 2. The molecule has 2 heterocycles. The predicted molar refractivity (Wildman–Crippen MR) is 147 cm³/mol. The molecule has 36 heavy (non-hydrogen) atoms. The maximum Gasteiger partial charge on any atom is 0.307 e. The third kappa shape index (κ3) is 6.27. The van der Waals surface area contributed by atoms with Gasteiger partial charge < -0.3 is 21.5 Å². The Morgan fingerprint density at radius 1 is 0.889 bits per heavy atom. The molecule has 0 fully saturated rings. The second-order valence-corrected chi connectivity index (χ2v) is 8.93. The van der Waals surface area contributed by atoms with Crippen LogP contribution in [0.1, 0.15) is 38.9 Å². The van der Waals surface area contributed by atoms with Crippen molar-refractivity contribution in [2.45, 2.75) is 47.6 Å². The fourth-order valence-corrected chi connectivity index (χ4v) is 4.41. The summed E-state index contributed by atoms with van der Waals surface area (Å²) >= 11 is 0. The van der Waals surface area contributed by atoms with Crippen molar-refractivity contribution in [3.05, 3.63) is 81.8 Å². The number of carboxylic acid groups (broad SMARTS) is 1. The summed E-state index contributed by atoms with van der Waals surface area (Å²) in [6.45, 7) is 10.8. The van der Waals surface area contributed by atoms with Crippen molar-refractivity contribution in [1.29, 1.82) is 0 Å². The Kier molecular flexibility index (Phi) is 8.42. The molecule has 2 aromatic carbocycles. The smallest absolute Gasteiger partial charge is 0.307 e. The van der Waals surface area contributed by atoms with E-state index in [1.165, 1.54) is 22.3 Å². The van der Waals surface area contributed by atoms with Gasteiger partial charge in [-0.15, -0.1) is 0 Å². The Morgan fingerprint density at radius 2 is 1.53 bits per heavy atom. The zero-order chi connectivity index (χ0) is 26.4. The van der Waals surface area contributed by atoms with Crippen LogP contribution in [0.4, 0.5) is 17.5 Å². The van der Waals surface area contributed by atoms with Gasteiger partial charge in [0.05, 0.1) is 6.42 Å². The van der Waals surface area contributed by atoms with Gasteiger partial charge in [-0.3, -0.25) is 4.79 Å². The molecule has 8 heteroatoms. The van der Waals surface area contributed by atoms with Crippen LogP contribution in [-0.2, 0) is 17.8 Å². The van der Waals surface area contributed by atoms with Crippen molar-refractivity contribution in [2.75, 3.05) is 23.4 Å². The first kappa shape index (κ1) is 26.4. The number of carbonyl (C=O) groups is 1. The van der Waals surface area contributed by atoms with E-state index in [2.05, 4.69) is 45.5 Å². The van der Waals surface area contributed by atoms with Crippen molar-refractivity contribution in [3.63, 3.8) is 0 Å². The molecule has 5 N–H and O–H groups in total. The number of nitrogens with zero attached hydrogens (tertiary/aromatic N) is 3. The number of fused-ring (bicyclic) bond motifs is 1. The molecule has 0 spiro atoms. The van der Waals surface area contributed by atoms with Gasteiger partial charge >= 0.3 is 5.97 Å². The molecule has 8 nitrogen and oxygen atoms in total. The summed E-state index contributed by atoms with van der Waals surface area (Å²) in [5.41, 5.74) is 13.9. The van der Waals surface area contributed by atoms with Crippen LogP contribution in [-0.4, -0.2) is 33.1 Å². The Bertz CT molecular complexity index is 1380. The third-order valence-electron chi connectivity index (χ3n) is 6.25. The van der Waals surface area contributed by atoms with E-state index in [1.807, 2.05) is 52.1 Å². The van der Waals surface area contributed by atoms with E-state index < -0.39 is 5.97 Å². The summed E-state index contributed by atoms with van der Waals surface area (Å²) in [4.78, 5) is 23.1. The van der Waals surface area contributed by atoms with Crippen LogP contribution in [0.15, 0.2) is 42.9 Å². The van der Waals surface area contributed by atoms with Crippen LogP contribution < -0.4 is 16.4 Å². The number of benzene rings is 2. The van der Waals surface area contributed by atoms with Gasteiger partial charge in [0.15, 0.2) is 0 Å². The molecule has 0 aliphatic carbocycles. The topological polar surface area (TPSA) is 126 Å². The Hall–Kier alpha value is -4.20. The summed E-state index contributed by atoms with van der Waals surface area (Å²) in [5.74, 6) is 1.38. The molecule has 2 aromatic heterocycles. The van der Waals surface area contributed by atoms with E-state index in [9.17, 15) is 4.79 Å². The number of hydrogen-bond donors (Lipinski definition) is 4. The van der Waals surface area contributed by atoms with Gasteiger partial charge in [0.2, 0.25) is 0 Å². The Labute approximate surface area is 212 Å². The molecule has 4 rings (SSSR count). The lowest BCUT2D eigenvalue weighted by molar-refractivity contribution is -0.136. The number of aryl methyl sites for hydroxylation is 5. The van der Waals surface area contributed by atoms with Crippen LogP contribution in [0.3, 0.4) is 0 Å². The first-order valence-corrected chi connectivity index (χ1v) is 11.8. The normalized spacial score (nSPS) is 10.5. The minimum absolute atomic E-state index is 0.123. The summed E-state index contributed by atoms with van der Waals surface area (Å²) < 4.78 is 0. The molecular weight excluding hydrogens is 452 g/mol. The molecule has 0 unspecified atom stereocenters. The molecule has 0 saturated carbocycles. The molecule has 0 saturated heterocycles. The van der Waals surface area contributed by atoms with E-state index in [0.717, 1.165) is 39.1 Å². The number of aliphatic carboxylic acids is 1. The molecule has 0 amide bonds. The fraction of sp³-hybridized carbons (Fsp3) is 0.286.